The Morgan fingerprint density at radius 2 is 2.00 bits per heavy atom. The predicted octanol–water partition coefficient (Wildman–Crippen LogP) is 4.44. The van der Waals surface area contributed by atoms with E-state index in [0.29, 0.717) is 16.1 Å². The van der Waals surface area contributed by atoms with Gasteiger partial charge >= 0.3 is 0 Å². The largest absolute Gasteiger partial charge is 0.307 e. The summed E-state index contributed by atoms with van der Waals surface area (Å²) in [6.07, 6.45) is 2.53. The van der Waals surface area contributed by atoms with Gasteiger partial charge in [0.05, 0.1) is 10.0 Å². The van der Waals surface area contributed by atoms with Crippen LogP contribution in [-0.4, -0.2) is 6.04 Å². The quantitative estimate of drug-likeness (QED) is 0.844. The van der Waals surface area contributed by atoms with Crippen LogP contribution in [0.5, 0.6) is 0 Å². The molecule has 0 aliphatic heterocycles. The maximum absolute atomic E-state index is 6.19. The van der Waals surface area contributed by atoms with Crippen molar-refractivity contribution in [1.29, 1.82) is 0 Å². The smallest absolute Gasteiger partial charge is 0.0639 e. The van der Waals surface area contributed by atoms with Gasteiger partial charge in [0, 0.05) is 12.1 Å². The lowest BCUT2D eigenvalue weighted by Crippen LogP contribution is -2.41. The minimum absolute atomic E-state index is 0.267. The maximum atomic E-state index is 6.19. The van der Waals surface area contributed by atoms with Crippen LogP contribution in [0.15, 0.2) is 18.2 Å². The second-order valence-corrected chi connectivity index (χ2v) is 5.59. The molecule has 0 heterocycles. The third-order valence-corrected chi connectivity index (χ3v) is 4.14. The minimum Gasteiger partial charge on any atom is -0.307 e. The lowest BCUT2D eigenvalue weighted by Gasteiger charge is -2.36. The van der Waals surface area contributed by atoms with Crippen molar-refractivity contribution in [3.8, 4) is 0 Å². The standard InChI is InChI=1S/C13H17Cl2N/c1-8-6-10(7-8)16-9(2)11-4-3-5-12(14)13(11)15/h3-5,8-10,16H,6-7H2,1-2H3. The molecule has 3 heteroatoms. The minimum atomic E-state index is 0.267. The second-order valence-electron chi connectivity index (χ2n) is 4.80. The van der Waals surface area contributed by atoms with Crippen molar-refractivity contribution in [2.45, 2.75) is 38.8 Å². The lowest BCUT2D eigenvalue weighted by atomic mass is 9.81. The molecule has 88 valence electrons. The van der Waals surface area contributed by atoms with E-state index in [1.807, 2.05) is 18.2 Å². The molecule has 0 spiro atoms. The molecule has 0 radical (unpaired) electrons. The molecule has 1 fully saturated rings. The fraction of sp³-hybridized carbons (Fsp3) is 0.538. The number of hydrogen-bond acceptors (Lipinski definition) is 1. The van der Waals surface area contributed by atoms with E-state index in [4.69, 9.17) is 23.2 Å². The first kappa shape index (κ1) is 12.2. The molecule has 1 aliphatic rings. The van der Waals surface area contributed by atoms with Crippen LogP contribution in [0.4, 0.5) is 0 Å². The highest BCUT2D eigenvalue weighted by molar-refractivity contribution is 6.42. The van der Waals surface area contributed by atoms with E-state index < -0.39 is 0 Å². The Bertz CT molecular complexity index is 372. The second kappa shape index (κ2) is 4.95. The Labute approximate surface area is 107 Å². The molecule has 1 atom stereocenters. The van der Waals surface area contributed by atoms with Crippen molar-refractivity contribution in [3.05, 3.63) is 33.8 Å². The van der Waals surface area contributed by atoms with Gasteiger partial charge in [0.2, 0.25) is 0 Å². The van der Waals surface area contributed by atoms with Crippen LogP contribution in [0.3, 0.4) is 0 Å². The van der Waals surface area contributed by atoms with Crippen LogP contribution in [0, 0.1) is 5.92 Å². The van der Waals surface area contributed by atoms with Crippen molar-refractivity contribution < 1.29 is 0 Å². The summed E-state index contributed by atoms with van der Waals surface area (Å²) in [4.78, 5) is 0. The van der Waals surface area contributed by atoms with Gasteiger partial charge in [0.25, 0.3) is 0 Å². The molecule has 1 aromatic rings. The van der Waals surface area contributed by atoms with Crippen LogP contribution in [-0.2, 0) is 0 Å². The monoisotopic (exact) mass is 257 g/mol. The van der Waals surface area contributed by atoms with E-state index in [1.165, 1.54) is 12.8 Å². The van der Waals surface area contributed by atoms with Gasteiger partial charge in [-0.1, -0.05) is 42.3 Å². The highest BCUT2D eigenvalue weighted by Gasteiger charge is 2.26. The van der Waals surface area contributed by atoms with Crippen LogP contribution < -0.4 is 5.32 Å². The van der Waals surface area contributed by atoms with Crippen LogP contribution in [0.1, 0.15) is 38.3 Å². The van der Waals surface area contributed by atoms with Crippen LogP contribution in [0.25, 0.3) is 0 Å². The molecular formula is C13H17Cl2N. The summed E-state index contributed by atoms with van der Waals surface area (Å²) in [6, 6.07) is 6.72. The van der Waals surface area contributed by atoms with E-state index in [0.717, 1.165) is 11.5 Å². The molecule has 1 nitrogen and oxygen atoms in total. The molecule has 1 unspecified atom stereocenters. The average molecular weight is 258 g/mol. The molecule has 1 aromatic carbocycles. The van der Waals surface area contributed by atoms with Crippen molar-refractivity contribution >= 4 is 23.2 Å². The number of halogens is 2. The Morgan fingerprint density at radius 3 is 2.62 bits per heavy atom. The summed E-state index contributed by atoms with van der Waals surface area (Å²) in [6.45, 7) is 4.43. The van der Waals surface area contributed by atoms with Gasteiger partial charge in [0.1, 0.15) is 0 Å². The van der Waals surface area contributed by atoms with Crippen molar-refractivity contribution in [3.63, 3.8) is 0 Å². The Kier molecular flexibility index (Phi) is 3.78. The zero-order valence-electron chi connectivity index (χ0n) is 9.63. The summed E-state index contributed by atoms with van der Waals surface area (Å²) < 4.78 is 0. The normalized spacial score (nSPS) is 26.2. The van der Waals surface area contributed by atoms with Gasteiger partial charge < -0.3 is 5.32 Å². The molecule has 0 aromatic heterocycles. The summed E-state index contributed by atoms with van der Waals surface area (Å²) in [5.74, 6) is 0.861. The molecule has 1 N–H and O–H groups in total. The van der Waals surface area contributed by atoms with Gasteiger partial charge in [-0.2, -0.15) is 0 Å². The molecular weight excluding hydrogens is 241 g/mol. The highest BCUT2D eigenvalue weighted by Crippen LogP contribution is 2.33. The van der Waals surface area contributed by atoms with E-state index >= 15 is 0 Å². The Morgan fingerprint density at radius 1 is 1.31 bits per heavy atom. The summed E-state index contributed by atoms with van der Waals surface area (Å²) in [7, 11) is 0. The van der Waals surface area contributed by atoms with Crippen LogP contribution >= 0.6 is 23.2 Å². The maximum Gasteiger partial charge on any atom is 0.0639 e. The van der Waals surface area contributed by atoms with E-state index in [2.05, 4.69) is 19.2 Å². The number of rotatable bonds is 3. The molecule has 0 amide bonds. The van der Waals surface area contributed by atoms with Gasteiger partial charge in [-0.3, -0.25) is 0 Å². The average Bonchev–Trinajstić information content (AvgIpc) is 2.19. The summed E-state index contributed by atoms with van der Waals surface area (Å²) >= 11 is 12.2. The first-order valence-corrected chi connectivity index (χ1v) is 6.53. The molecule has 16 heavy (non-hydrogen) atoms. The number of nitrogens with one attached hydrogen (secondary N) is 1. The first-order valence-electron chi connectivity index (χ1n) is 5.78. The molecule has 0 saturated heterocycles. The third-order valence-electron chi connectivity index (χ3n) is 3.31. The SMILES string of the molecule is CC1CC(NC(C)c2cccc(Cl)c2Cl)C1. The fourth-order valence-corrected chi connectivity index (χ4v) is 2.81. The van der Waals surface area contributed by atoms with Gasteiger partial charge in [-0.05, 0) is 37.3 Å². The number of hydrogen-bond donors (Lipinski definition) is 1. The first-order chi connectivity index (χ1) is 7.58. The topological polar surface area (TPSA) is 12.0 Å². The lowest BCUT2D eigenvalue weighted by molar-refractivity contribution is 0.226. The zero-order chi connectivity index (χ0) is 11.7. The Hall–Kier alpha value is -0.240. The fourth-order valence-electron chi connectivity index (χ4n) is 2.34. The Balaban J connectivity index is 2.03. The van der Waals surface area contributed by atoms with Crippen molar-refractivity contribution in [2.24, 2.45) is 5.92 Å². The molecule has 2 rings (SSSR count). The van der Waals surface area contributed by atoms with E-state index in [-0.39, 0.29) is 6.04 Å². The molecule has 1 saturated carbocycles. The van der Waals surface area contributed by atoms with Crippen molar-refractivity contribution in [2.75, 3.05) is 0 Å². The van der Waals surface area contributed by atoms with Gasteiger partial charge in [0.15, 0.2) is 0 Å². The highest BCUT2D eigenvalue weighted by atomic mass is 35.5. The summed E-state index contributed by atoms with van der Waals surface area (Å²) in [5, 5.41) is 4.90. The summed E-state index contributed by atoms with van der Waals surface area (Å²) in [5.41, 5.74) is 1.09. The van der Waals surface area contributed by atoms with Crippen LogP contribution in [0.2, 0.25) is 10.0 Å². The number of benzene rings is 1. The molecule has 0 bridgehead atoms. The third kappa shape index (κ3) is 2.53. The predicted molar refractivity (Wildman–Crippen MR) is 70.2 cm³/mol. The zero-order valence-corrected chi connectivity index (χ0v) is 11.1. The van der Waals surface area contributed by atoms with Crippen molar-refractivity contribution in [1.82, 2.24) is 5.32 Å². The van der Waals surface area contributed by atoms with E-state index in [1.54, 1.807) is 0 Å². The van der Waals surface area contributed by atoms with Gasteiger partial charge in [-0.15, -0.1) is 0 Å². The van der Waals surface area contributed by atoms with Gasteiger partial charge in [-0.25, -0.2) is 0 Å². The molecule has 1 aliphatic carbocycles. The van der Waals surface area contributed by atoms with E-state index in [9.17, 15) is 0 Å².